The molecule has 0 saturated carbocycles. The van der Waals surface area contributed by atoms with Gasteiger partial charge in [-0.2, -0.15) is 0 Å². The van der Waals surface area contributed by atoms with Crippen molar-refractivity contribution in [2.75, 3.05) is 85.3 Å². The molecule has 2 heterocycles. The summed E-state index contributed by atoms with van der Waals surface area (Å²) in [7, 11) is 0. The first-order chi connectivity index (χ1) is 32.1. The number of hydrogen-bond donors (Lipinski definition) is 14. The van der Waals surface area contributed by atoms with E-state index < -0.39 is 74.6 Å². The van der Waals surface area contributed by atoms with Gasteiger partial charge >= 0.3 is 0 Å². The molecular weight excluding hydrogens is 887 g/mol. The number of rotatable bonds is 36. The number of ether oxygens (including phenoxy) is 4. The van der Waals surface area contributed by atoms with Crippen LogP contribution in [0.5, 0.6) is 0 Å². The van der Waals surface area contributed by atoms with Gasteiger partial charge in [-0.15, -0.1) is 0 Å². The van der Waals surface area contributed by atoms with Crippen molar-refractivity contribution in [1.82, 2.24) is 36.8 Å². The molecule has 0 aliphatic carbocycles. The molecule has 0 aromatic carbocycles. The molecule has 2 aliphatic heterocycles. The molecule has 0 unspecified atom stereocenters. The van der Waals surface area contributed by atoms with Gasteiger partial charge < -0.3 is 91.7 Å². The Labute approximate surface area is 392 Å². The number of carbonyl (C=O) groups excluding carboxylic acids is 5. The van der Waals surface area contributed by atoms with Crippen LogP contribution >= 0.6 is 0 Å². The lowest BCUT2D eigenvalue weighted by atomic mass is 9.99. The van der Waals surface area contributed by atoms with Crippen LogP contribution in [0.25, 0.3) is 0 Å². The highest BCUT2D eigenvalue weighted by atomic mass is 16.7. The molecule has 0 radical (unpaired) electrons. The Morgan fingerprint density at radius 2 is 0.851 bits per heavy atom. The maximum Gasteiger partial charge on any atom is 0.234 e. The Bertz CT molecular complexity index is 1370. The van der Waals surface area contributed by atoms with Crippen LogP contribution in [-0.4, -0.2) is 222 Å². The topological polar surface area (TPSA) is 360 Å². The minimum Gasteiger partial charge on any atom is -0.394 e. The third-order valence-electron chi connectivity index (χ3n) is 10.9. The fourth-order valence-electron chi connectivity index (χ4n) is 7.08. The number of aliphatic hydroxyl groups excluding tert-OH is 8. The SMILES string of the molecule is C=C(CCCCCNC(=O)CN(CC(=O)NCCCCCC(=O)NCC)CC(=O)NCCCCCC(=O)NCCO[C@H]1O[C@H](CO)[C@@H](O)[C@H](O)[C@@H]1O)NCCO[C@H]1O[C@H](CO)[C@@H](O)[C@H](O)[C@@H]1O. The summed E-state index contributed by atoms with van der Waals surface area (Å²) in [5, 5.41) is 95.2. The van der Waals surface area contributed by atoms with Gasteiger partial charge in [0.25, 0.3) is 0 Å². The van der Waals surface area contributed by atoms with Crippen LogP contribution in [-0.2, 0) is 42.9 Å². The Morgan fingerprint density at radius 1 is 0.478 bits per heavy atom. The Hall–Kier alpha value is -3.63. The van der Waals surface area contributed by atoms with Gasteiger partial charge in [-0.05, 0) is 51.9 Å². The molecule has 2 fully saturated rings. The van der Waals surface area contributed by atoms with E-state index in [0.717, 1.165) is 25.0 Å². The first-order valence-corrected chi connectivity index (χ1v) is 23.4. The van der Waals surface area contributed by atoms with Gasteiger partial charge in [0, 0.05) is 57.8 Å². The highest BCUT2D eigenvalue weighted by Crippen LogP contribution is 2.23. The van der Waals surface area contributed by atoms with Crippen LogP contribution in [0.4, 0.5) is 0 Å². The van der Waals surface area contributed by atoms with E-state index in [9.17, 15) is 64.8 Å². The van der Waals surface area contributed by atoms with E-state index in [-0.39, 0.29) is 75.3 Å². The smallest absolute Gasteiger partial charge is 0.234 e. The second kappa shape index (κ2) is 34.6. The molecule has 10 atom stereocenters. The zero-order chi connectivity index (χ0) is 49.6. The molecule has 67 heavy (non-hydrogen) atoms. The monoisotopic (exact) mass is 966 g/mol. The maximum absolute atomic E-state index is 12.9. The first kappa shape index (κ1) is 59.5. The number of amides is 5. The number of unbranched alkanes of at least 4 members (excludes halogenated alkanes) is 6. The molecule has 0 aromatic heterocycles. The summed E-state index contributed by atoms with van der Waals surface area (Å²) in [6, 6.07) is 0. The van der Waals surface area contributed by atoms with Crippen LogP contribution in [0, 0.1) is 0 Å². The average molecular weight is 966 g/mol. The lowest BCUT2D eigenvalue weighted by Crippen LogP contribution is -2.59. The summed E-state index contributed by atoms with van der Waals surface area (Å²) in [5.74, 6) is -1.34. The van der Waals surface area contributed by atoms with Crippen LogP contribution in [0.2, 0.25) is 0 Å². The van der Waals surface area contributed by atoms with Crippen LogP contribution in [0.15, 0.2) is 12.3 Å². The van der Waals surface area contributed by atoms with Crippen LogP contribution in [0.3, 0.4) is 0 Å². The van der Waals surface area contributed by atoms with Crippen molar-refractivity contribution in [3.8, 4) is 0 Å². The van der Waals surface area contributed by atoms with E-state index in [1.54, 1.807) is 0 Å². The minimum atomic E-state index is -1.56. The number of aliphatic hydroxyl groups is 8. The van der Waals surface area contributed by atoms with Crippen molar-refractivity contribution in [3.05, 3.63) is 12.3 Å². The van der Waals surface area contributed by atoms with Gasteiger partial charge in [-0.3, -0.25) is 28.9 Å². The van der Waals surface area contributed by atoms with E-state index >= 15 is 0 Å². The summed E-state index contributed by atoms with van der Waals surface area (Å²) >= 11 is 0. The Kier molecular flexibility index (Phi) is 30.7. The third kappa shape index (κ3) is 24.5. The lowest BCUT2D eigenvalue weighted by Gasteiger charge is -2.39. The van der Waals surface area contributed by atoms with Crippen molar-refractivity contribution < 1.29 is 83.8 Å². The molecule has 24 nitrogen and oxygen atoms in total. The lowest BCUT2D eigenvalue weighted by molar-refractivity contribution is -0.300. The number of nitrogens with zero attached hydrogens (tertiary/aromatic N) is 1. The third-order valence-corrected chi connectivity index (χ3v) is 10.9. The standard InChI is InChI=1S/C43H79N7O17/c1-3-44-31(53)14-8-5-11-17-47-34(56)24-50(23-33(55)46-16-10-4-7-13-28(2)45-19-21-64-42-40(62)38(60)36(58)29(26-51)66-42)25-35(57)48-18-12-6-9-15-32(54)49-20-22-65-43-41(63)39(61)37(59)30(27-52)67-43/h29-30,36-43,45,51-52,58-63H,2-27H2,1H3,(H,44,53)(H,46,55)(H,47,56)(H,48,57)(H,49,54)/t29-,30-,36-,37-,38+,39+,40+,41+,42+,43+/m1/s1. The molecule has 14 N–H and O–H groups in total. The first-order valence-electron chi connectivity index (χ1n) is 23.4. The summed E-state index contributed by atoms with van der Waals surface area (Å²) in [5.41, 5.74) is 0.745. The van der Waals surface area contributed by atoms with Gasteiger partial charge in [0.15, 0.2) is 12.6 Å². The fraction of sp³-hybridized carbons (Fsp3) is 0.837. The number of hydrogen-bond acceptors (Lipinski definition) is 19. The molecule has 24 heteroatoms. The predicted octanol–water partition coefficient (Wildman–Crippen LogP) is -4.69. The largest absolute Gasteiger partial charge is 0.394 e. The fourth-order valence-corrected chi connectivity index (χ4v) is 7.08. The van der Waals surface area contributed by atoms with E-state index in [2.05, 4.69) is 38.5 Å². The Morgan fingerprint density at radius 3 is 1.25 bits per heavy atom. The molecule has 388 valence electrons. The van der Waals surface area contributed by atoms with Crippen molar-refractivity contribution in [2.24, 2.45) is 0 Å². The number of allylic oxidation sites excluding steroid dienone is 1. The second-order valence-corrected chi connectivity index (χ2v) is 16.6. The van der Waals surface area contributed by atoms with Gasteiger partial charge in [0.05, 0.1) is 46.1 Å². The zero-order valence-corrected chi connectivity index (χ0v) is 38.9. The quantitative estimate of drug-likeness (QED) is 0.0262. The van der Waals surface area contributed by atoms with Gasteiger partial charge in [-0.25, -0.2) is 0 Å². The number of carbonyl (C=O) groups is 5. The molecular formula is C43H79N7O17. The molecule has 2 rings (SSSR count). The van der Waals surface area contributed by atoms with Gasteiger partial charge in [0.1, 0.15) is 48.8 Å². The van der Waals surface area contributed by atoms with E-state index in [0.29, 0.717) is 84.1 Å². The normalized spacial score (nSPS) is 25.0. The average Bonchev–Trinajstić information content (AvgIpc) is 3.29. The molecule has 0 bridgehead atoms. The van der Waals surface area contributed by atoms with E-state index in [1.807, 2.05) is 6.92 Å². The van der Waals surface area contributed by atoms with Crippen molar-refractivity contribution in [2.45, 2.75) is 145 Å². The summed E-state index contributed by atoms with van der Waals surface area (Å²) in [6.07, 6.45) is -6.42. The van der Waals surface area contributed by atoms with Crippen molar-refractivity contribution >= 4 is 29.5 Å². The van der Waals surface area contributed by atoms with Crippen molar-refractivity contribution in [3.63, 3.8) is 0 Å². The zero-order valence-electron chi connectivity index (χ0n) is 38.9. The van der Waals surface area contributed by atoms with E-state index in [4.69, 9.17) is 18.9 Å². The maximum atomic E-state index is 12.9. The molecule has 0 spiro atoms. The predicted molar refractivity (Wildman–Crippen MR) is 239 cm³/mol. The Balaban J connectivity index is 1.67. The highest BCUT2D eigenvalue weighted by molar-refractivity contribution is 5.84. The summed E-state index contributed by atoms with van der Waals surface area (Å²) in [6.45, 7) is 6.22. The number of nitrogens with one attached hydrogen (secondary N) is 6. The minimum absolute atomic E-state index is 0.0165. The second-order valence-electron chi connectivity index (χ2n) is 16.6. The highest BCUT2D eigenvalue weighted by Gasteiger charge is 2.45. The molecule has 0 aromatic rings. The molecule has 2 saturated heterocycles. The molecule has 5 amide bonds. The van der Waals surface area contributed by atoms with E-state index in [1.165, 1.54) is 4.90 Å². The molecule has 2 aliphatic rings. The van der Waals surface area contributed by atoms with Gasteiger partial charge in [-0.1, -0.05) is 25.8 Å². The summed E-state index contributed by atoms with van der Waals surface area (Å²) in [4.78, 5) is 64.0. The summed E-state index contributed by atoms with van der Waals surface area (Å²) < 4.78 is 21.4. The van der Waals surface area contributed by atoms with Gasteiger partial charge in [0.2, 0.25) is 29.5 Å². The van der Waals surface area contributed by atoms with Crippen LogP contribution < -0.4 is 31.9 Å². The van der Waals surface area contributed by atoms with Crippen LogP contribution in [0.1, 0.15) is 84.0 Å². The van der Waals surface area contributed by atoms with Crippen molar-refractivity contribution in [1.29, 1.82) is 0 Å².